The van der Waals surface area contributed by atoms with E-state index in [4.69, 9.17) is 10.8 Å². The number of aliphatic carboxylic acids is 1. The average molecular weight is 607 g/mol. The van der Waals surface area contributed by atoms with Crippen LogP contribution in [0.5, 0.6) is 0 Å². The molecule has 9 N–H and O–H groups in total. The molecule has 0 aliphatic carbocycles. The quantitative estimate of drug-likeness (QED) is 0.0883. The molecule has 5 atom stereocenters. The predicted molar refractivity (Wildman–Crippen MR) is 158 cm³/mol. The first-order chi connectivity index (χ1) is 20.3. The van der Waals surface area contributed by atoms with E-state index in [-0.39, 0.29) is 12.8 Å². The van der Waals surface area contributed by atoms with Crippen molar-refractivity contribution >= 4 is 35.5 Å². The van der Waals surface area contributed by atoms with Gasteiger partial charge in [-0.15, -0.1) is 0 Å². The zero-order chi connectivity index (χ0) is 32.5. The van der Waals surface area contributed by atoms with Crippen LogP contribution in [0.1, 0.15) is 52.5 Å². The van der Waals surface area contributed by atoms with Gasteiger partial charge in [0.2, 0.25) is 29.5 Å². The summed E-state index contributed by atoms with van der Waals surface area (Å²) in [7, 11) is 0. The maximum atomic E-state index is 13.5. The van der Waals surface area contributed by atoms with E-state index in [0.717, 1.165) is 5.56 Å². The second-order valence-corrected chi connectivity index (χ2v) is 10.8. The molecule has 1 rings (SSSR count). The van der Waals surface area contributed by atoms with Gasteiger partial charge < -0.3 is 42.5 Å². The van der Waals surface area contributed by atoms with Crippen molar-refractivity contribution in [1.82, 2.24) is 26.6 Å². The molecule has 0 fully saturated rings. The van der Waals surface area contributed by atoms with E-state index in [9.17, 15) is 33.9 Å². The average Bonchev–Trinajstić information content (AvgIpc) is 2.97. The van der Waals surface area contributed by atoms with Gasteiger partial charge in [0.05, 0.1) is 19.1 Å². The van der Waals surface area contributed by atoms with Crippen LogP contribution in [0.15, 0.2) is 30.3 Å². The van der Waals surface area contributed by atoms with Crippen molar-refractivity contribution in [2.45, 2.75) is 77.5 Å². The summed E-state index contributed by atoms with van der Waals surface area (Å²) in [5.41, 5.74) is 6.29. The van der Waals surface area contributed by atoms with Crippen molar-refractivity contribution in [1.29, 1.82) is 0 Å². The highest BCUT2D eigenvalue weighted by Crippen LogP contribution is 2.09. The number of aliphatic hydroxyl groups excluding tert-OH is 1. The van der Waals surface area contributed by atoms with Crippen LogP contribution in [0.2, 0.25) is 0 Å². The van der Waals surface area contributed by atoms with Gasteiger partial charge in [0.25, 0.3) is 0 Å². The highest BCUT2D eigenvalue weighted by atomic mass is 16.4. The number of nitrogens with one attached hydrogen (secondary N) is 5. The Kier molecular flexibility index (Phi) is 16.5. The molecule has 0 radical (unpaired) electrons. The Morgan fingerprint density at radius 3 is 1.98 bits per heavy atom. The van der Waals surface area contributed by atoms with Gasteiger partial charge in [0.1, 0.15) is 24.2 Å². The largest absolute Gasteiger partial charge is 0.480 e. The second-order valence-electron chi connectivity index (χ2n) is 10.8. The molecular weight excluding hydrogens is 560 g/mol. The van der Waals surface area contributed by atoms with Crippen LogP contribution in [-0.4, -0.2) is 89.6 Å². The lowest BCUT2D eigenvalue weighted by atomic mass is 9.99. The lowest BCUT2D eigenvalue weighted by molar-refractivity contribution is -0.141. The maximum Gasteiger partial charge on any atom is 0.325 e. The van der Waals surface area contributed by atoms with Crippen molar-refractivity contribution in [2.24, 2.45) is 17.6 Å². The molecule has 0 heterocycles. The molecule has 0 saturated carbocycles. The number of carbonyl (C=O) groups is 6. The first-order valence-electron chi connectivity index (χ1n) is 14.4. The number of carbonyl (C=O) groups excluding carboxylic acids is 5. The second kappa shape index (κ2) is 19.2. The van der Waals surface area contributed by atoms with Gasteiger partial charge in [0.15, 0.2) is 0 Å². The highest BCUT2D eigenvalue weighted by molar-refractivity contribution is 5.95. The van der Waals surface area contributed by atoms with Crippen LogP contribution in [0.4, 0.5) is 0 Å². The van der Waals surface area contributed by atoms with E-state index in [1.807, 2.05) is 0 Å². The number of hydrogen-bond acceptors (Lipinski definition) is 8. The van der Waals surface area contributed by atoms with Crippen LogP contribution in [0, 0.1) is 11.8 Å². The van der Waals surface area contributed by atoms with Gasteiger partial charge in [-0.05, 0) is 44.2 Å². The molecule has 240 valence electrons. The maximum absolute atomic E-state index is 13.5. The number of amides is 5. The van der Waals surface area contributed by atoms with Crippen LogP contribution in [-0.2, 0) is 35.2 Å². The summed E-state index contributed by atoms with van der Waals surface area (Å²) >= 11 is 0. The molecule has 1 aromatic carbocycles. The summed E-state index contributed by atoms with van der Waals surface area (Å²) < 4.78 is 0. The van der Waals surface area contributed by atoms with Gasteiger partial charge in [-0.3, -0.25) is 28.8 Å². The van der Waals surface area contributed by atoms with E-state index in [1.165, 1.54) is 13.8 Å². The topological polar surface area (TPSA) is 229 Å². The van der Waals surface area contributed by atoms with Crippen molar-refractivity contribution in [3.63, 3.8) is 0 Å². The summed E-state index contributed by atoms with van der Waals surface area (Å²) in [6, 6.07) is 4.49. The molecule has 14 nitrogen and oxygen atoms in total. The number of nitrogens with two attached hydrogens (primary N) is 1. The normalized spacial score (nSPS) is 14.4. The smallest absolute Gasteiger partial charge is 0.325 e. The Labute approximate surface area is 251 Å². The monoisotopic (exact) mass is 606 g/mol. The van der Waals surface area contributed by atoms with Crippen LogP contribution >= 0.6 is 0 Å². The number of aliphatic hydroxyl groups is 1. The van der Waals surface area contributed by atoms with Crippen LogP contribution in [0.25, 0.3) is 0 Å². The minimum Gasteiger partial charge on any atom is -0.480 e. The summed E-state index contributed by atoms with van der Waals surface area (Å²) in [5.74, 6) is -5.56. The van der Waals surface area contributed by atoms with Gasteiger partial charge in [-0.1, -0.05) is 51.1 Å². The van der Waals surface area contributed by atoms with Gasteiger partial charge in [0, 0.05) is 6.42 Å². The number of benzene rings is 1. The van der Waals surface area contributed by atoms with Crippen molar-refractivity contribution in [3.05, 3.63) is 35.9 Å². The summed E-state index contributed by atoms with van der Waals surface area (Å²) in [6.45, 7) is 5.70. The highest BCUT2D eigenvalue weighted by Gasteiger charge is 2.32. The fourth-order valence-electron chi connectivity index (χ4n) is 3.91. The number of carboxylic acids is 1. The Balaban J connectivity index is 3.08. The number of hydrogen-bond donors (Lipinski definition) is 8. The van der Waals surface area contributed by atoms with E-state index >= 15 is 0 Å². The molecule has 0 aliphatic heterocycles. The fourth-order valence-corrected chi connectivity index (χ4v) is 3.91. The number of carboxylic acid groups (broad SMARTS) is 1. The summed E-state index contributed by atoms with van der Waals surface area (Å²) in [5, 5.41) is 30.9. The van der Waals surface area contributed by atoms with Crippen LogP contribution < -0.4 is 32.3 Å². The van der Waals surface area contributed by atoms with E-state index < -0.39 is 84.7 Å². The lowest BCUT2D eigenvalue weighted by Gasteiger charge is -2.28. The molecule has 5 amide bonds. The third-order valence-electron chi connectivity index (χ3n) is 6.63. The lowest BCUT2D eigenvalue weighted by Crippen LogP contribution is -2.59. The molecule has 0 aliphatic rings. The SMILES string of the molecule is CC(C)[C@H](NC(=O)[C@@H](CCCCN)NC(=O)[C@H](C)CO)C(=O)N[C@H](Cc1ccccc1)C(=O)NCC(=O)N[C@H](C)C(=O)O. The minimum absolute atomic E-state index is 0.0706. The first-order valence-corrected chi connectivity index (χ1v) is 14.4. The summed E-state index contributed by atoms with van der Waals surface area (Å²) in [6.07, 6.45) is 1.49. The van der Waals surface area contributed by atoms with E-state index in [0.29, 0.717) is 19.4 Å². The van der Waals surface area contributed by atoms with Crippen molar-refractivity contribution in [3.8, 4) is 0 Å². The Hall–Kier alpha value is -4.04. The Morgan fingerprint density at radius 1 is 0.791 bits per heavy atom. The third-order valence-corrected chi connectivity index (χ3v) is 6.63. The zero-order valence-electron chi connectivity index (χ0n) is 25.2. The van der Waals surface area contributed by atoms with Crippen LogP contribution in [0.3, 0.4) is 0 Å². The molecular formula is C29H46N6O8. The molecule has 14 heteroatoms. The Bertz CT molecular complexity index is 1080. The molecule has 0 unspecified atom stereocenters. The summed E-state index contributed by atoms with van der Waals surface area (Å²) in [4.78, 5) is 75.3. The van der Waals surface area contributed by atoms with E-state index in [1.54, 1.807) is 44.2 Å². The molecule has 1 aromatic rings. The van der Waals surface area contributed by atoms with Gasteiger partial charge in [-0.2, -0.15) is 0 Å². The van der Waals surface area contributed by atoms with Crippen molar-refractivity contribution < 1.29 is 39.0 Å². The zero-order valence-corrected chi connectivity index (χ0v) is 25.2. The third kappa shape index (κ3) is 13.7. The molecule has 43 heavy (non-hydrogen) atoms. The molecule has 0 spiro atoms. The predicted octanol–water partition coefficient (Wildman–Crippen LogP) is -1.20. The van der Waals surface area contributed by atoms with Gasteiger partial charge >= 0.3 is 5.97 Å². The standard InChI is InChI=1S/C29H46N6O8/c1-17(2)24(35-27(40)21(12-8-9-13-30)33-25(38)18(3)16-36)28(41)34-22(14-20-10-6-5-7-11-20)26(39)31-15-23(37)32-19(4)29(42)43/h5-7,10-11,17-19,21-22,24,36H,8-9,12-16,30H2,1-4H3,(H,31,39)(H,32,37)(H,33,38)(H,34,41)(H,35,40)(H,42,43)/t18-,19-,21-,22-,24+/m1/s1. The molecule has 0 aromatic heterocycles. The van der Waals surface area contributed by atoms with Crippen molar-refractivity contribution in [2.75, 3.05) is 19.7 Å². The number of unbranched alkanes of at least 4 members (excludes halogenated alkanes) is 1. The minimum atomic E-state index is -1.24. The first kappa shape index (κ1) is 37.0. The molecule has 0 bridgehead atoms. The molecule has 0 saturated heterocycles. The van der Waals surface area contributed by atoms with Gasteiger partial charge in [-0.25, -0.2) is 0 Å². The van der Waals surface area contributed by atoms with E-state index in [2.05, 4.69) is 26.6 Å². The Morgan fingerprint density at radius 2 is 1.42 bits per heavy atom. The fraction of sp³-hybridized carbons (Fsp3) is 0.586. The number of rotatable bonds is 19.